The van der Waals surface area contributed by atoms with Crippen LogP contribution >= 0.6 is 11.6 Å². The van der Waals surface area contributed by atoms with E-state index in [1.807, 2.05) is 12.1 Å². The Morgan fingerprint density at radius 2 is 1.85 bits per heavy atom. The van der Waals surface area contributed by atoms with Crippen LogP contribution in [0, 0.1) is 0 Å². The number of fused-ring (bicyclic) bond motifs is 1. The molecule has 0 spiro atoms. The Morgan fingerprint density at radius 3 is 2.62 bits per heavy atom. The van der Waals surface area contributed by atoms with Crippen LogP contribution < -0.4 is 10.3 Å². The normalized spacial score (nSPS) is 10.8. The number of hydrogen-bond donors (Lipinski definition) is 0. The van der Waals surface area contributed by atoms with Crippen LogP contribution in [0.25, 0.3) is 10.9 Å². The molecule has 0 saturated heterocycles. The lowest BCUT2D eigenvalue weighted by Crippen LogP contribution is -2.24. The predicted octanol–water partition coefficient (Wildman–Crippen LogP) is 3.68. The van der Waals surface area contributed by atoms with Crippen LogP contribution in [-0.2, 0) is 6.54 Å². The summed E-state index contributed by atoms with van der Waals surface area (Å²) in [6, 6.07) is 15.8. The lowest BCUT2D eigenvalue weighted by molar-refractivity contribution is 0.483. The molecule has 4 rings (SSSR count). The summed E-state index contributed by atoms with van der Waals surface area (Å²) in [5.41, 5.74) is 1.15. The van der Waals surface area contributed by atoms with Gasteiger partial charge in [0, 0.05) is 17.4 Å². The lowest BCUT2D eigenvalue weighted by atomic mass is 10.2. The van der Waals surface area contributed by atoms with Gasteiger partial charge in [0.25, 0.3) is 5.56 Å². The fourth-order valence-electron chi connectivity index (χ4n) is 2.53. The van der Waals surface area contributed by atoms with Crippen molar-refractivity contribution in [2.24, 2.45) is 0 Å². The zero-order valence-electron chi connectivity index (χ0n) is 13.5. The van der Waals surface area contributed by atoms with E-state index in [-0.39, 0.29) is 5.56 Å². The molecule has 0 atom stereocenters. The summed E-state index contributed by atoms with van der Waals surface area (Å²) in [7, 11) is 0. The molecule has 0 radical (unpaired) electrons. The standard InChI is InChI=1S/C19H13ClN4O2/c20-14-3-5-15(6-4-14)26-16-7-8-18-17(10-16)19(25)24(23-22-18)12-13-2-1-9-21-11-13/h1-11H,12H2. The van der Waals surface area contributed by atoms with Crippen LogP contribution in [-0.4, -0.2) is 20.0 Å². The molecule has 0 aliphatic heterocycles. The first-order valence-electron chi connectivity index (χ1n) is 7.89. The average Bonchev–Trinajstić information content (AvgIpc) is 2.67. The van der Waals surface area contributed by atoms with Crippen molar-refractivity contribution < 1.29 is 4.74 Å². The van der Waals surface area contributed by atoms with E-state index in [9.17, 15) is 4.79 Å². The summed E-state index contributed by atoms with van der Waals surface area (Å²) in [5.74, 6) is 1.17. The highest BCUT2D eigenvalue weighted by molar-refractivity contribution is 6.30. The molecule has 0 aliphatic rings. The van der Waals surface area contributed by atoms with Crippen molar-refractivity contribution in [2.45, 2.75) is 6.54 Å². The van der Waals surface area contributed by atoms with E-state index in [0.29, 0.717) is 34.0 Å². The number of halogens is 1. The maximum absolute atomic E-state index is 12.7. The van der Waals surface area contributed by atoms with E-state index in [1.165, 1.54) is 4.68 Å². The van der Waals surface area contributed by atoms with Crippen molar-refractivity contribution in [1.29, 1.82) is 0 Å². The maximum atomic E-state index is 12.7. The van der Waals surface area contributed by atoms with Gasteiger partial charge in [-0.1, -0.05) is 22.9 Å². The van der Waals surface area contributed by atoms with Crippen molar-refractivity contribution in [3.05, 3.63) is 87.9 Å². The molecule has 6 nitrogen and oxygen atoms in total. The van der Waals surface area contributed by atoms with Gasteiger partial charge in [-0.3, -0.25) is 9.78 Å². The molecule has 0 fully saturated rings. The molecule has 2 aromatic carbocycles. The highest BCUT2D eigenvalue weighted by Crippen LogP contribution is 2.24. The molecule has 4 aromatic rings. The highest BCUT2D eigenvalue weighted by atomic mass is 35.5. The van der Waals surface area contributed by atoms with Crippen molar-refractivity contribution in [3.8, 4) is 11.5 Å². The van der Waals surface area contributed by atoms with Gasteiger partial charge in [0.2, 0.25) is 0 Å². The van der Waals surface area contributed by atoms with Gasteiger partial charge >= 0.3 is 0 Å². The van der Waals surface area contributed by atoms with Crippen molar-refractivity contribution in [3.63, 3.8) is 0 Å². The largest absolute Gasteiger partial charge is 0.457 e. The zero-order valence-corrected chi connectivity index (χ0v) is 14.3. The Hall–Kier alpha value is -3.25. The van der Waals surface area contributed by atoms with E-state index in [0.717, 1.165) is 5.56 Å². The van der Waals surface area contributed by atoms with E-state index in [2.05, 4.69) is 15.3 Å². The van der Waals surface area contributed by atoms with Gasteiger partial charge < -0.3 is 4.74 Å². The van der Waals surface area contributed by atoms with Crippen LogP contribution in [0.4, 0.5) is 0 Å². The molecule has 7 heteroatoms. The molecule has 0 N–H and O–H groups in total. The van der Waals surface area contributed by atoms with Gasteiger partial charge in [-0.05, 0) is 54.1 Å². The molecular formula is C19H13ClN4O2. The minimum atomic E-state index is -0.236. The van der Waals surface area contributed by atoms with Crippen LogP contribution in [0.1, 0.15) is 5.56 Å². The van der Waals surface area contributed by atoms with E-state index in [4.69, 9.17) is 16.3 Å². The lowest BCUT2D eigenvalue weighted by Gasteiger charge is -2.08. The number of hydrogen-bond acceptors (Lipinski definition) is 5. The molecule has 128 valence electrons. The molecular weight excluding hydrogens is 352 g/mol. The summed E-state index contributed by atoms with van der Waals surface area (Å²) in [5, 5.41) is 9.18. The topological polar surface area (TPSA) is 69.9 Å². The Bertz CT molecular complexity index is 1110. The van der Waals surface area contributed by atoms with Crippen molar-refractivity contribution >= 4 is 22.5 Å². The smallest absolute Gasteiger partial charge is 0.278 e. The van der Waals surface area contributed by atoms with Crippen molar-refractivity contribution in [1.82, 2.24) is 20.0 Å². The molecule has 0 amide bonds. The quantitative estimate of drug-likeness (QED) is 0.552. The van der Waals surface area contributed by atoms with Crippen LogP contribution in [0.15, 0.2) is 71.8 Å². The number of ether oxygens (including phenoxy) is 1. The fraction of sp³-hybridized carbons (Fsp3) is 0.0526. The third-order valence-corrected chi connectivity index (χ3v) is 4.05. The summed E-state index contributed by atoms with van der Waals surface area (Å²) >= 11 is 5.88. The number of pyridine rings is 1. The molecule has 2 aromatic heterocycles. The Morgan fingerprint density at radius 1 is 1.04 bits per heavy atom. The molecule has 2 heterocycles. The summed E-state index contributed by atoms with van der Waals surface area (Å²) in [6.45, 7) is 0.303. The molecule has 0 saturated carbocycles. The second-order valence-electron chi connectivity index (χ2n) is 5.65. The Kier molecular flexibility index (Phi) is 4.33. The number of nitrogens with zero attached hydrogens (tertiary/aromatic N) is 4. The molecule has 0 unspecified atom stereocenters. The van der Waals surface area contributed by atoms with Gasteiger partial charge in [-0.15, -0.1) is 5.10 Å². The second-order valence-corrected chi connectivity index (χ2v) is 6.08. The van der Waals surface area contributed by atoms with Crippen LogP contribution in [0.2, 0.25) is 5.02 Å². The number of rotatable bonds is 4. The SMILES string of the molecule is O=c1c2cc(Oc3ccc(Cl)cc3)ccc2nnn1Cc1cccnc1. The molecule has 0 aliphatic carbocycles. The predicted molar refractivity (Wildman–Crippen MR) is 98.7 cm³/mol. The van der Waals surface area contributed by atoms with Gasteiger partial charge in [-0.25, -0.2) is 4.68 Å². The molecule has 0 bridgehead atoms. The Balaban J connectivity index is 1.68. The third kappa shape index (κ3) is 3.41. The molecule has 26 heavy (non-hydrogen) atoms. The maximum Gasteiger partial charge on any atom is 0.278 e. The number of aromatic nitrogens is 4. The first kappa shape index (κ1) is 16.2. The monoisotopic (exact) mass is 364 g/mol. The summed E-state index contributed by atoms with van der Waals surface area (Å²) in [4.78, 5) is 16.8. The average molecular weight is 365 g/mol. The van der Waals surface area contributed by atoms with Crippen LogP contribution in [0.3, 0.4) is 0 Å². The van der Waals surface area contributed by atoms with E-state index in [1.54, 1.807) is 54.9 Å². The van der Waals surface area contributed by atoms with Gasteiger partial charge in [-0.2, -0.15) is 0 Å². The minimum Gasteiger partial charge on any atom is -0.457 e. The highest BCUT2D eigenvalue weighted by Gasteiger charge is 2.08. The first-order valence-corrected chi connectivity index (χ1v) is 8.27. The zero-order chi connectivity index (χ0) is 17.9. The third-order valence-electron chi connectivity index (χ3n) is 3.80. The summed E-state index contributed by atoms with van der Waals surface area (Å²) < 4.78 is 7.10. The Labute approximate surface area is 153 Å². The van der Waals surface area contributed by atoms with Gasteiger partial charge in [0.15, 0.2) is 0 Å². The van der Waals surface area contributed by atoms with E-state index < -0.39 is 0 Å². The van der Waals surface area contributed by atoms with Crippen molar-refractivity contribution in [2.75, 3.05) is 0 Å². The van der Waals surface area contributed by atoms with Crippen LogP contribution in [0.5, 0.6) is 11.5 Å². The number of benzene rings is 2. The van der Waals surface area contributed by atoms with Gasteiger partial charge in [0.1, 0.15) is 17.0 Å². The minimum absolute atomic E-state index is 0.236. The second kappa shape index (κ2) is 6.93. The first-order chi connectivity index (χ1) is 12.7. The summed E-state index contributed by atoms with van der Waals surface area (Å²) in [6.07, 6.45) is 3.37. The van der Waals surface area contributed by atoms with E-state index >= 15 is 0 Å². The fourth-order valence-corrected chi connectivity index (χ4v) is 2.65. The van der Waals surface area contributed by atoms with Gasteiger partial charge in [0.05, 0.1) is 11.9 Å².